The summed E-state index contributed by atoms with van der Waals surface area (Å²) in [4.78, 5) is 3.74. The molecule has 0 radical (unpaired) electrons. The average Bonchev–Trinajstić information content (AvgIpc) is 2.65. The highest BCUT2D eigenvalue weighted by molar-refractivity contribution is 5.86. The summed E-state index contributed by atoms with van der Waals surface area (Å²) in [6.45, 7) is 9.67. The number of nitriles is 1. The zero-order chi connectivity index (χ0) is 14.9. The Labute approximate surface area is 124 Å². The Hall–Kier alpha value is -2.84. The van der Waals surface area contributed by atoms with Crippen LogP contribution in [0.25, 0.3) is 10.4 Å². The van der Waals surface area contributed by atoms with Crippen molar-refractivity contribution in [3.8, 4) is 6.07 Å². The Morgan fingerprint density at radius 3 is 2.62 bits per heavy atom. The molecule has 0 spiro atoms. The number of allylic oxidation sites excluding steroid dienone is 5. The summed E-state index contributed by atoms with van der Waals surface area (Å²) in [5, 5.41) is 9.75. The second-order valence-electron chi connectivity index (χ2n) is 5.33. The van der Waals surface area contributed by atoms with Crippen LogP contribution in [0.3, 0.4) is 0 Å². The van der Waals surface area contributed by atoms with E-state index in [4.69, 9.17) is 6.57 Å². The monoisotopic (exact) mass is 270 g/mol. The molecule has 100 valence electrons. The Balaban J connectivity index is 2.21. The lowest BCUT2D eigenvalue weighted by molar-refractivity contribution is 0.675. The molecular weight excluding hydrogens is 256 g/mol. The van der Waals surface area contributed by atoms with E-state index in [0.717, 1.165) is 16.7 Å². The number of nitrogens with zero attached hydrogens (tertiary/aromatic N) is 2. The van der Waals surface area contributed by atoms with Crippen molar-refractivity contribution in [2.24, 2.45) is 5.92 Å². The fourth-order valence-corrected chi connectivity index (χ4v) is 2.90. The Kier molecular flexibility index (Phi) is 3.09. The minimum absolute atomic E-state index is 0.202. The van der Waals surface area contributed by atoms with Crippen molar-refractivity contribution >= 4 is 5.57 Å². The number of benzene rings is 1. The molecule has 0 amide bonds. The molecule has 2 nitrogen and oxygen atoms in total. The second-order valence-corrected chi connectivity index (χ2v) is 5.33. The minimum Gasteiger partial charge on any atom is -0.288 e. The molecule has 0 fully saturated rings. The standard InChI is InChI=1S/C19H14N2/c1-14-8-10-15(11-9-14)18-12-16-6-4-3-5-7-17(16)19(18,13-20)21-2/h3-12,17H,1H3. The maximum absolute atomic E-state index is 9.75. The van der Waals surface area contributed by atoms with Crippen LogP contribution < -0.4 is 0 Å². The topological polar surface area (TPSA) is 28.1 Å². The van der Waals surface area contributed by atoms with E-state index >= 15 is 0 Å². The lowest BCUT2D eigenvalue weighted by atomic mass is 9.80. The van der Waals surface area contributed by atoms with Crippen LogP contribution in [0.15, 0.2) is 66.3 Å². The van der Waals surface area contributed by atoms with Gasteiger partial charge in [-0.1, -0.05) is 60.2 Å². The molecule has 2 heteroatoms. The lowest BCUT2D eigenvalue weighted by Crippen LogP contribution is -2.29. The van der Waals surface area contributed by atoms with Gasteiger partial charge in [-0.3, -0.25) is 4.85 Å². The van der Waals surface area contributed by atoms with Crippen molar-refractivity contribution in [3.05, 3.63) is 88.8 Å². The number of rotatable bonds is 1. The van der Waals surface area contributed by atoms with E-state index in [-0.39, 0.29) is 5.92 Å². The molecule has 1 aromatic rings. The van der Waals surface area contributed by atoms with Crippen LogP contribution in [0, 0.1) is 30.7 Å². The van der Waals surface area contributed by atoms with Gasteiger partial charge in [-0.2, -0.15) is 5.26 Å². The summed E-state index contributed by atoms with van der Waals surface area (Å²) in [6.07, 6.45) is 11.7. The van der Waals surface area contributed by atoms with Crippen molar-refractivity contribution < 1.29 is 0 Å². The average molecular weight is 270 g/mol. The maximum Gasteiger partial charge on any atom is 0.351 e. The summed E-state index contributed by atoms with van der Waals surface area (Å²) in [5.41, 5.74) is 2.77. The van der Waals surface area contributed by atoms with Crippen molar-refractivity contribution in [2.45, 2.75) is 12.5 Å². The van der Waals surface area contributed by atoms with Gasteiger partial charge >= 0.3 is 5.54 Å². The number of fused-ring (bicyclic) bond motifs is 1. The summed E-state index contributed by atoms with van der Waals surface area (Å²) in [5.74, 6) is -0.202. The summed E-state index contributed by atoms with van der Waals surface area (Å²) in [7, 11) is 0. The Morgan fingerprint density at radius 1 is 1.19 bits per heavy atom. The van der Waals surface area contributed by atoms with Crippen LogP contribution in [0.2, 0.25) is 0 Å². The van der Waals surface area contributed by atoms with Gasteiger partial charge in [0.2, 0.25) is 0 Å². The molecule has 2 aliphatic rings. The third kappa shape index (κ3) is 1.93. The molecule has 3 rings (SSSR count). The van der Waals surface area contributed by atoms with Gasteiger partial charge in [-0.25, -0.2) is 6.57 Å². The summed E-state index contributed by atoms with van der Waals surface area (Å²) >= 11 is 0. The van der Waals surface area contributed by atoms with Gasteiger partial charge in [-0.15, -0.1) is 0 Å². The quantitative estimate of drug-likeness (QED) is 0.701. The fraction of sp³-hybridized carbons (Fsp3) is 0.158. The molecule has 0 saturated carbocycles. The first-order valence-corrected chi connectivity index (χ1v) is 6.85. The van der Waals surface area contributed by atoms with E-state index in [2.05, 4.69) is 10.9 Å². The zero-order valence-corrected chi connectivity index (χ0v) is 11.7. The Morgan fingerprint density at radius 2 is 1.95 bits per heavy atom. The predicted octanol–water partition coefficient (Wildman–Crippen LogP) is 4.24. The molecule has 2 unspecified atom stereocenters. The fourth-order valence-electron chi connectivity index (χ4n) is 2.90. The molecule has 0 bridgehead atoms. The Bertz CT molecular complexity index is 760. The van der Waals surface area contributed by atoms with Gasteiger partial charge in [0.15, 0.2) is 6.07 Å². The lowest BCUT2D eigenvalue weighted by Gasteiger charge is -2.18. The molecule has 0 saturated heterocycles. The summed E-state index contributed by atoms with van der Waals surface area (Å²) in [6, 6.07) is 10.3. The second kappa shape index (κ2) is 4.93. The van der Waals surface area contributed by atoms with E-state index < -0.39 is 5.54 Å². The van der Waals surface area contributed by atoms with Crippen LogP contribution in [0.5, 0.6) is 0 Å². The van der Waals surface area contributed by atoms with Gasteiger partial charge < -0.3 is 0 Å². The molecule has 1 aromatic carbocycles. The highest BCUT2D eigenvalue weighted by Gasteiger charge is 2.54. The van der Waals surface area contributed by atoms with Gasteiger partial charge in [0.25, 0.3) is 0 Å². The van der Waals surface area contributed by atoms with E-state index in [1.54, 1.807) is 0 Å². The first kappa shape index (κ1) is 13.2. The van der Waals surface area contributed by atoms with Gasteiger partial charge in [-0.05, 0) is 24.1 Å². The zero-order valence-electron chi connectivity index (χ0n) is 11.7. The molecule has 2 aliphatic carbocycles. The molecule has 0 aliphatic heterocycles. The van der Waals surface area contributed by atoms with Crippen molar-refractivity contribution in [1.82, 2.24) is 0 Å². The highest BCUT2D eigenvalue weighted by atomic mass is 14.8. The van der Waals surface area contributed by atoms with Crippen LogP contribution >= 0.6 is 0 Å². The van der Waals surface area contributed by atoms with E-state index in [1.807, 2.05) is 67.6 Å². The van der Waals surface area contributed by atoms with Gasteiger partial charge in [0, 0.05) is 0 Å². The number of hydrogen-bond acceptors (Lipinski definition) is 1. The van der Waals surface area contributed by atoms with Crippen LogP contribution in [-0.2, 0) is 0 Å². The third-order valence-electron chi connectivity index (χ3n) is 4.05. The van der Waals surface area contributed by atoms with E-state index in [0.29, 0.717) is 0 Å². The molecule has 0 heterocycles. The predicted molar refractivity (Wildman–Crippen MR) is 84.0 cm³/mol. The van der Waals surface area contributed by atoms with Crippen LogP contribution in [-0.4, -0.2) is 5.54 Å². The number of hydrogen-bond donors (Lipinski definition) is 0. The smallest absolute Gasteiger partial charge is 0.288 e. The molecule has 0 N–H and O–H groups in total. The normalized spacial score (nSPS) is 26.1. The number of aryl methyl sites for hydroxylation is 1. The van der Waals surface area contributed by atoms with Crippen LogP contribution in [0.4, 0.5) is 0 Å². The minimum atomic E-state index is -1.16. The molecule has 21 heavy (non-hydrogen) atoms. The van der Waals surface area contributed by atoms with E-state index in [1.165, 1.54) is 5.56 Å². The first-order valence-electron chi connectivity index (χ1n) is 6.85. The summed E-state index contributed by atoms with van der Waals surface area (Å²) < 4.78 is 0. The third-order valence-corrected chi connectivity index (χ3v) is 4.05. The van der Waals surface area contributed by atoms with Crippen molar-refractivity contribution in [1.29, 1.82) is 5.26 Å². The SMILES string of the molecule is [C-]#[N+]C1(C#N)C(c2ccc(C)cc2)=CC2=CC=CC=CC21. The van der Waals surface area contributed by atoms with E-state index in [9.17, 15) is 5.26 Å². The highest BCUT2D eigenvalue weighted by Crippen LogP contribution is 2.48. The van der Waals surface area contributed by atoms with Crippen molar-refractivity contribution in [3.63, 3.8) is 0 Å². The first-order chi connectivity index (χ1) is 10.2. The van der Waals surface area contributed by atoms with Crippen molar-refractivity contribution in [2.75, 3.05) is 0 Å². The van der Waals surface area contributed by atoms with Gasteiger partial charge in [0.1, 0.15) is 0 Å². The van der Waals surface area contributed by atoms with Gasteiger partial charge in [0.05, 0.1) is 11.5 Å². The maximum atomic E-state index is 9.75. The molecule has 2 atom stereocenters. The molecule has 0 aromatic heterocycles. The van der Waals surface area contributed by atoms with Crippen LogP contribution in [0.1, 0.15) is 11.1 Å². The molecular formula is C19H14N2. The largest absolute Gasteiger partial charge is 0.351 e.